The van der Waals surface area contributed by atoms with Crippen molar-refractivity contribution in [3.05, 3.63) is 93.5 Å². The Morgan fingerprint density at radius 3 is 2.31 bits per heavy atom. The number of oxime groups is 1. The van der Waals surface area contributed by atoms with Gasteiger partial charge in [-0.3, -0.25) is 19.8 Å². The van der Waals surface area contributed by atoms with Gasteiger partial charge < -0.3 is 24.4 Å². The summed E-state index contributed by atoms with van der Waals surface area (Å²) >= 11 is 3.75. The zero-order valence-electron chi connectivity index (χ0n) is 27.3. The van der Waals surface area contributed by atoms with E-state index >= 15 is 0 Å². The number of hydrogen-bond donors (Lipinski definition) is 2. The third-order valence-corrected chi connectivity index (χ3v) is 10.2. The number of hydrogen-bond acceptors (Lipinski definition) is 13. The Bertz CT molecular complexity index is 1700. The first-order valence-electron chi connectivity index (χ1n) is 15.0. The fraction of sp³-hybridized carbons (Fsp3) is 0.333. The molecule has 2 atom stereocenters. The Balaban J connectivity index is 1.34. The zero-order valence-corrected chi connectivity index (χ0v) is 29.8. The van der Waals surface area contributed by atoms with E-state index in [0.29, 0.717) is 10.7 Å². The van der Waals surface area contributed by atoms with Gasteiger partial charge in [-0.25, -0.2) is 14.6 Å². The van der Waals surface area contributed by atoms with Crippen molar-refractivity contribution in [1.29, 1.82) is 0 Å². The maximum atomic E-state index is 14.0. The lowest BCUT2D eigenvalue weighted by Gasteiger charge is -2.49. The van der Waals surface area contributed by atoms with Crippen molar-refractivity contribution in [3.8, 4) is 0 Å². The molecule has 2 N–H and O–H groups in total. The SMILES string of the molecule is COCSC1=C(C(=O)OC(c2ccccc2)c2ccccc2)N2C(=O)[C@@H](NC(=O)C(=NOC)c3csc(NC(=O)OC(C)(C)C)n3)[C@H]2SC1. The van der Waals surface area contributed by atoms with Crippen LogP contribution in [-0.2, 0) is 33.4 Å². The lowest BCUT2D eigenvalue weighted by Crippen LogP contribution is -2.71. The molecule has 1 fully saturated rings. The number of fused-ring (bicyclic) bond motifs is 1. The number of carbonyl (C=O) groups excluding carboxylic acids is 4. The van der Waals surface area contributed by atoms with Gasteiger partial charge >= 0.3 is 12.1 Å². The van der Waals surface area contributed by atoms with Gasteiger partial charge in [-0.2, -0.15) is 0 Å². The number of nitrogens with zero attached hydrogens (tertiary/aromatic N) is 3. The average Bonchev–Trinajstić information content (AvgIpc) is 3.54. The minimum absolute atomic E-state index is 0.112. The van der Waals surface area contributed by atoms with Gasteiger partial charge in [0.15, 0.2) is 16.9 Å². The van der Waals surface area contributed by atoms with Crippen molar-refractivity contribution < 1.29 is 38.2 Å². The number of benzene rings is 2. The number of thioether (sulfide) groups is 2. The molecule has 0 spiro atoms. The smallest absolute Gasteiger partial charge is 0.413 e. The maximum absolute atomic E-state index is 14.0. The largest absolute Gasteiger partial charge is 0.448 e. The first-order valence-corrected chi connectivity index (χ1v) is 17.9. The fourth-order valence-electron chi connectivity index (χ4n) is 4.90. The third kappa shape index (κ3) is 8.62. The van der Waals surface area contributed by atoms with Crippen molar-refractivity contribution in [1.82, 2.24) is 15.2 Å². The molecular weight excluding hydrogens is 691 g/mol. The highest BCUT2D eigenvalue weighted by Crippen LogP contribution is 2.44. The molecule has 1 saturated heterocycles. The summed E-state index contributed by atoms with van der Waals surface area (Å²) in [7, 11) is 2.82. The molecule has 0 bridgehead atoms. The highest BCUT2D eigenvalue weighted by Gasteiger charge is 2.55. The molecule has 3 amide bonds. The van der Waals surface area contributed by atoms with E-state index in [0.717, 1.165) is 22.5 Å². The molecule has 13 nitrogen and oxygen atoms in total. The first-order chi connectivity index (χ1) is 23.5. The van der Waals surface area contributed by atoms with Crippen LogP contribution >= 0.6 is 34.9 Å². The van der Waals surface area contributed by atoms with Gasteiger partial charge in [-0.15, -0.1) is 23.1 Å². The molecule has 5 rings (SSSR count). The Kier molecular flexibility index (Phi) is 11.6. The van der Waals surface area contributed by atoms with Gasteiger partial charge in [0.05, 0.1) is 5.94 Å². The Labute approximate surface area is 295 Å². The van der Waals surface area contributed by atoms with E-state index in [4.69, 9.17) is 19.0 Å². The maximum Gasteiger partial charge on any atom is 0.413 e. The molecule has 258 valence electrons. The Morgan fingerprint density at radius 2 is 1.71 bits per heavy atom. The number of esters is 1. The fourth-order valence-corrected chi connectivity index (χ4v) is 7.90. The van der Waals surface area contributed by atoms with Crippen LogP contribution in [0.5, 0.6) is 0 Å². The molecule has 49 heavy (non-hydrogen) atoms. The average molecular weight is 726 g/mol. The van der Waals surface area contributed by atoms with Crippen LogP contribution in [0.15, 0.2) is 81.8 Å². The van der Waals surface area contributed by atoms with Crippen molar-refractivity contribution in [3.63, 3.8) is 0 Å². The van der Waals surface area contributed by atoms with Gasteiger partial charge in [-0.05, 0) is 31.9 Å². The van der Waals surface area contributed by atoms with E-state index in [1.54, 1.807) is 27.9 Å². The lowest BCUT2D eigenvalue weighted by molar-refractivity contribution is -0.154. The molecule has 0 radical (unpaired) electrons. The molecule has 0 unspecified atom stereocenters. The quantitative estimate of drug-likeness (QED) is 0.0840. The van der Waals surface area contributed by atoms with Crippen LogP contribution in [0, 0.1) is 0 Å². The molecule has 2 aliphatic heterocycles. The zero-order chi connectivity index (χ0) is 35.1. The predicted molar refractivity (Wildman–Crippen MR) is 188 cm³/mol. The minimum atomic E-state index is -0.978. The molecule has 0 saturated carbocycles. The predicted octanol–water partition coefficient (Wildman–Crippen LogP) is 5.12. The molecule has 2 aliphatic rings. The number of nitrogens with one attached hydrogen (secondary N) is 2. The second-order valence-corrected chi connectivity index (χ2v) is 14.6. The van der Waals surface area contributed by atoms with Crippen LogP contribution < -0.4 is 10.6 Å². The van der Waals surface area contributed by atoms with E-state index in [9.17, 15) is 19.2 Å². The number of β-lactam (4-membered cyclic amide) rings is 1. The summed E-state index contributed by atoms with van der Waals surface area (Å²) in [6.07, 6.45) is -1.43. The van der Waals surface area contributed by atoms with Crippen LogP contribution in [0.2, 0.25) is 0 Å². The number of aromatic nitrogens is 1. The second kappa shape index (κ2) is 15.9. The van der Waals surface area contributed by atoms with Crippen LogP contribution in [0.25, 0.3) is 0 Å². The van der Waals surface area contributed by atoms with Crippen LogP contribution in [0.3, 0.4) is 0 Å². The van der Waals surface area contributed by atoms with Gasteiger partial charge in [0.25, 0.3) is 11.8 Å². The monoisotopic (exact) mass is 725 g/mol. The molecular formula is C33H35N5O8S3. The topological polar surface area (TPSA) is 158 Å². The molecule has 3 aromatic rings. The molecule has 0 aliphatic carbocycles. The van der Waals surface area contributed by atoms with Crippen molar-refractivity contribution in [2.75, 3.05) is 31.2 Å². The molecule has 3 heterocycles. The highest BCUT2D eigenvalue weighted by atomic mass is 32.2. The lowest BCUT2D eigenvalue weighted by atomic mass is 10.0. The number of anilines is 1. The molecule has 16 heteroatoms. The minimum Gasteiger partial charge on any atom is -0.448 e. The van der Waals surface area contributed by atoms with Crippen LogP contribution in [0.4, 0.5) is 9.93 Å². The number of methoxy groups -OCH3 is 1. The highest BCUT2D eigenvalue weighted by molar-refractivity contribution is 8.06. The molecule has 1 aromatic heterocycles. The molecule has 2 aromatic carbocycles. The summed E-state index contributed by atoms with van der Waals surface area (Å²) in [5.74, 6) is -1.25. The van der Waals surface area contributed by atoms with Crippen molar-refractivity contribution in [2.45, 2.75) is 43.9 Å². The van der Waals surface area contributed by atoms with Crippen LogP contribution in [-0.4, -0.2) is 82.4 Å². The van der Waals surface area contributed by atoms with Crippen molar-refractivity contribution >= 4 is 69.6 Å². The second-order valence-electron chi connectivity index (χ2n) is 11.6. The summed E-state index contributed by atoms with van der Waals surface area (Å²) in [5.41, 5.74) is 0.849. The summed E-state index contributed by atoms with van der Waals surface area (Å²) in [6, 6.07) is 17.7. The van der Waals surface area contributed by atoms with Crippen LogP contribution in [0.1, 0.15) is 43.7 Å². The van der Waals surface area contributed by atoms with E-state index in [1.165, 1.54) is 40.9 Å². The number of carbonyl (C=O) groups is 4. The number of thiazole rings is 1. The van der Waals surface area contributed by atoms with Gasteiger partial charge in [0.2, 0.25) is 0 Å². The normalized spacial score (nSPS) is 17.6. The first kappa shape index (κ1) is 35.9. The number of rotatable bonds is 12. The Morgan fingerprint density at radius 1 is 1.06 bits per heavy atom. The third-order valence-electron chi connectivity index (χ3n) is 6.95. The van der Waals surface area contributed by atoms with E-state index in [2.05, 4.69) is 20.8 Å². The van der Waals surface area contributed by atoms with Crippen molar-refractivity contribution in [2.24, 2.45) is 5.16 Å². The van der Waals surface area contributed by atoms with E-state index in [-0.39, 0.29) is 28.2 Å². The number of ether oxygens (including phenoxy) is 3. The van der Waals surface area contributed by atoms with E-state index in [1.807, 2.05) is 60.7 Å². The summed E-state index contributed by atoms with van der Waals surface area (Å²) in [4.78, 5) is 64.6. The number of amides is 3. The Hall–Kier alpha value is -4.38. The summed E-state index contributed by atoms with van der Waals surface area (Å²) in [5, 5.41) is 10.2. The van der Waals surface area contributed by atoms with Gasteiger partial charge in [-0.1, -0.05) is 77.6 Å². The summed E-state index contributed by atoms with van der Waals surface area (Å²) in [6.45, 7) is 5.19. The van der Waals surface area contributed by atoms with Gasteiger partial charge in [0.1, 0.15) is 35.5 Å². The van der Waals surface area contributed by atoms with E-state index < -0.39 is 47.0 Å². The summed E-state index contributed by atoms with van der Waals surface area (Å²) < 4.78 is 16.7. The van der Waals surface area contributed by atoms with Gasteiger partial charge in [0, 0.05) is 23.1 Å². The standard InChI is InChI=1S/C33H35N5O8S3/c1-33(2,3)46-32(42)36-31-34-21(16-48-31)23(37-44-5)27(39)35-24-28(40)38-25(22(49-18-43-4)17-47-29(24)38)30(41)45-26(19-12-8-6-9-13-19)20-14-10-7-11-15-20/h6-16,24,26,29H,17-18H2,1-5H3,(H,35,39)(H,34,36,42)/t24-,29-/m1/s1.